The molecular formula is C20H24FNO2. The number of rotatable bonds is 7. The molecule has 2 aromatic carbocycles. The van der Waals surface area contributed by atoms with E-state index in [1.54, 1.807) is 6.07 Å². The van der Waals surface area contributed by atoms with Crippen molar-refractivity contribution in [3.8, 4) is 5.75 Å². The van der Waals surface area contributed by atoms with Gasteiger partial charge in [0.05, 0.1) is 13.2 Å². The summed E-state index contributed by atoms with van der Waals surface area (Å²) in [4.78, 5) is 2.45. The molecule has 1 heterocycles. The molecule has 0 N–H and O–H groups in total. The average molecular weight is 329 g/mol. The van der Waals surface area contributed by atoms with Gasteiger partial charge >= 0.3 is 0 Å². The molecule has 2 aromatic rings. The van der Waals surface area contributed by atoms with Gasteiger partial charge in [-0.15, -0.1) is 0 Å². The quantitative estimate of drug-likeness (QED) is 0.774. The second-order valence-electron chi connectivity index (χ2n) is 6.12. The molecule has 0 radical (unpaired) electrons. The Morgan fingerprint density at radius 1 is 1.00 bits per heavy atom. The highest BCUT2D eigenvalue weighted by atomic mass is 19.1. The number of halogens is 1. The first kappa shape index (κ1) is 16.9. The van der Waals surface area contributed by atoms with Gasteiger partial charge < -0.3 is 9.47 Å². The third-order valence-electron chi connectivity index (χ3n) is 4.24. The summed E-state index contributed by atoms with van der Waals surface area (Å²) in [6.45, 7) is 5.27. The summed E-state index contributed by atoms with van der Waals surface area (Å²) in [5.41, 5.74) is 2.12. The van der Waals surface area contributed by atoms with Crippen molar-refractivity contribution in [3.05, 3.63) is 65.5 Å². The van der Waals surface area contributed by atoms with Crippen LogP contribution >= 0.6 is 0 Å². The van der Waals surface area contributed by atoms with Crippen molar-refractivity contribution in [2.45, 2.75) is 19.4 Å². The van der Waals surface area contributed by atoms with Crippen molar-refractivity contribution < 1.29 is 13.9 Å². The van der Waals surface area contributed by atoms with Crippen LogP contribution in [0.2, 0.25) is 0 Å². The minimum atomic E-state index is -0.229. The van der Waals surface area contributed by atoms with E-state index in [2.05, 4.69) is 17.0 Å². The number of aryl methyl sites for hydroxylation is 1. The maximum Gasteiger partial charge on any atom is 0.123 e. The lowest BCUT2D eigenvalue weighted by Gasteiger charge is -2.26. The second-order valence-corrected chi connectivity index (χ2v) is 6.12. The van der Waals surface area contributed by atoms with Gasteiger partial charge in [-0.1, -0.05) is 24.3 Å². The van der Waals surface area contributed by atoms with Crippen molar-refractivity contribution in [2.24, 2.45) is 0 Å². The lowest BCUT2D eigenvalue weighted by Crippen LogP contribution is -2.36. The van der Waals surface area contributed by atoms with Crippen molar-refractivity contribution >= 4 is 0 Å². The molecule has 0 amide bonds. The van der Waals surface area contributed by atoms with Gasteiger partial charge in [0.2, 0.25) is 0 Å². The van der Waals surface area contributed by atoms with Gasteiger partial charge in [0.15, 0.2) is 0 Å². The normalized spacial score (nSPS) is 15.4. The van der Waals surface area contributed by atoms with Crippen molar-refractivity contribution in [2.75, 3.05) is 32.8 Å². The van der Waals surface area contributed by atoms with E-state index in [0.717, 1.165) is 57.0 Å². The molecule has 0 aliphatic carbocycles. The molecule has 1 fully saturated rings. The maximum absolute atomic E-state index is 13.2. The third-order valence-corrected chi connectivity index (χ3v) is 4.24. The van der Waals surface area contributed by atoms with Crippen LogP contribution in [0.1, 0.15) is 17.5 Å². The highest BCUT2D eigenvalue weighted by Crippen LogP contribution is 2.17. The average Bonchev–Trinajstić information content (AvgIpc) is 2.61. The van der Waals surface area contributed by atoms with Crippen molar-refractivity contribution in [1.82, 2.24) is 4.90 Å². The van der Waals surface area contributed by atoms with E-state index in [1.807, 2.05) is 18.2 Å². The standard InChI is InChI=1S/C20H24FNO2/c21-19-7-1-5-18(14-19)16-24-20-8-2-4-17(15-20)6-3-9-22-10-12-23-13-11-22/h1-2,4-5,7-8,14-15H,3,6,9-13,16H2. The lowest BCUT2D eigenvalue weighted by molar-refractivity contribution is 0.0374. The Labute approximate surface area is 143 Å². The number of ether oxygens (including phenoxy) is 2. The van der Waals surface area contributed by atoms with Crippen LogP contribution in [0.25, 0.3) is 0 Å². The third kappa shape index (κ3) is 5.32. The molecule has 1 aliphatic rings. The summed E-state index contributed by atoms with van der Waals surface area (Å²) >= 11 is 0. The van der Waals surface area contributed by atoms with Gasteiger partial charge in [0.25, 0.3) is 0 Å². The van der Waals surface area contributed by atoms with Crippen LogP contribution in [0.4, 0.5) is 4.39 Å². The molecule has 128 valence electrons. The number of morpholine rings is 1. The smallest absolute Gasteiger partial charge is 0.123 e. The van der Waals surface area contributed by atoms with Gasteiger partial charge in [-0.2, -0.15) is 0 Å². The van der Waals surface area contributed by atoms with Crippen LogP contribution in [0.3, 0.4) is 0 Å². The molecule has 3 nitrogen and oxygen atoms in total. The Hall–Kier alpha value is -1.91. The Balaban J connectivity index is 1.46. The molecule has 24 heavy (non-hydrogen) atoms. The summed E-state index contributed by atoms with van der Waals surface area (Å²) in [7, 11) is 0. The van der Waals surface area contributed by atoms with E-state index < -0.39 is 0 Å². The zero-order valence-electron chi connectivity index (χ0n) is 13.9. The summed E-state index contributed by atoms with van der Waals surface area (Å²) < 4.78 is 24.3. The first-order valence-electron chi connectivity index (χ1n) is 8.56. The second kappa shape index (κ2) is 8.81. The predicted octanol–water partition coefficient (Wildman–Crippen LogP) is 3.67. The van der Waals surface area contributed by atoms with E-state index in [1.165, 1.54) is 17.7 Å². The Kier molecular flexibility index (Phi) is 6.21. The van der Waals surface area contributed by atoms with Crippen molar-refractivity contribution in [3.63, 3.8) is 0 Å². The van der Waals surface area contributed by atoms with Crippen LogP contribution in [-0.2, 0) is 17.8 Å². The largest absolute Gasteiger partial charge is 0.489 e. The molecule has 1 aliphatic heterocycles. The molecule has 0 aromatic heterocycles. The monoisotopic (exact) mass is 329 g/mol. The zero-order valence-corrected chi connectivity index (χ0v) is 13.9. The van der Waals surface area contributed by atoms with Crippen LogP contribution < -0.4 is 4.74 Å². The van der Waals surface area contributed by atoms with Gasteiger partial charge in [-0.05, 0) is 54.8 Å². The molecule has 0 saturated carbocycles. The number of hydrogen-bond acceptors (Lipinski definition) is 3. The highest BCUT2D eigenvalue weighted by Gasteiger charge is 2.09. The molecule has 0 unspecified atom stereocenters. The molecule has 1 saturated heterocycles. The van der Waals surface area contributed by atoms with Crippen LogP contribution in [0, 0.1) is 5.82 Å². The number of hydrogen-bond donors (Lipinski definition) is 0. The lowest BCUT2D eigenvalue weighted by atomic mass is 10.1. The number of nitrogens with zero attached hydrogens (tertiary/aromatic N) is 1. The summed E-state index contributed by atoms with van der Waals surface area (Å²) in [5.74, 6) is 0.607. The highest BCUT2D eigenvalue weighted by molar-refractivity contribution is 5.29. The molecular weight excluding hydrogens is 305 g/mol. The van der Waals surface area contributed by atoms with E-state index in [0.29, 0.717) is 6.61 Å². The van der Waals surface area contributed by atoms with Crippen LogP contribution in [-0.4, -0.2) is 37.7 Å². The SMILES string of the molecule is Fc1cccc(COc2cccc(CCCN3CCOCC3)c2)c1. The predicted molar refractivity (Wildman–Crippen MR) is 92.8 cm³/mol. The topological polar surface area (TPSA) is 21.7 Å². The maximum atomic E-state index is 13.2. The first-order valence-corrected chi connectivity index (χ1v) is 8.56. The van der Waals surface area contributed by atoms with E-state index in [9.17, 15) is 4.39 Å². The van der Waals surface area contributed by atoms with E-state index in [4.69, 9.17) is 9.47 Å². The van der Waals surface area contributed by atoms with Gasteiger partial charge in [-0.25, -0.2) is 4.39 Å². The Bertz CT molecular complexity index is 641. The summed E-state index contributed by atoms with van der Waals surface area (Å²) in [6.07, 6.45) is 2.17. The van der Waals surface area contributed by atoms with Crippen LogP contribution in [0.15, 0.2) is 48.5 Å². The summed E-state index contributed by atoms with van der Waals surface area (Å²) in [6, 6.07) is 14.7. The van der Waals surface area contributed by atoms with E-state index >= 15 is 0 Å². The molecule has 0 atom stereocenters. The van der Waals surface area contributed by atoms with Crippen LogP contribution in [0.5, 0.6) is 5.75 Å². The minimum Gasteiger partial charge on any atom is -0.489 e. The molecule has 3 rings (SSSR count). The van der Waals surface area contributed by atoms with E-state index in [-0.39, 0.29) is 5.82 Å². The number of benzene rings is 2. The minimum absolute atomic E-state index is 0.229. The molecule has 0 bridgehead atoms. The Morgan fingerprint density at radius 2 is 1.79 bits per heavy atom. The Morgan fingerprint density at radius 3 is 2.62 bits per heavy atom. The molecule has 4 heteroatoms. The van der Waals surface area contributed by atoms with Gasteiger partial charge in [0.1, 0.15) is 18.2 Å². The summed E-state index contributed by atoms with van der Waals surface area (Å²) in [5, 5.41) is 0. The first-order chi connectivity index (χ1) is 11.8. The van der Waals surface area contributed by atoms with Crippen molar-refractivity contribution in [1.29, 1.82) is 0 Å². The van der Waals surface area contributed by atoms with Gasteiger partial charge in [-0.3, -0.25) is 4.90 Å². The molecule has 0 spiro atoms. The van der Waals surface area contributed by atoms with Gasteiger partial charge in [0, 0.05) is 13.1 Å². The fraction of sp³-hybridized carbons (Fsp3) is 0.400. The fourth-order valence-electron chi connectivity index (χ4n) is 2.92. The fourth-order valence-corrected chi connectivity index (χ4v) is 2.92. The zero-order chi connectivity index (χ0) is 16.6.